The first-order valence-electron chi connectivity index (χ1n) is 3.33. The van der Waals surface area contributed by atoms with Crippen molar-refractivity contribution in [2.45, 2.75) is 6.42 Å². The van der Waals surface area contributed by atoms with E-state index in [0.717, 1.165) is 6.42 Å². The van der Waals surface area contributed by atoms with Crippen LogP contribution in [0.15, 0.2) is 0 Å². The first-order chi connectivity index (χ1) is 4.64. The Morgan fingerprint density at radius 2 is 2.50 bits per heavy atom. The van der Waals surface area contributed by atoms with Crippen LogP contribution >= 0.6 is 7.72 Å². The summed E-state index contributed by atoms with van der Waals surface area (Å²) in [5.41, 5.74) is 0. The van der Waals surface area contributed by atoms with Gasteiger partial charge in [-0.3, -0.25) is 0 Å². The molecule has 0 bridgehead atoms. The summed E-state index contributed by atoms with van der Waals surface area (Å²) in [6.45, 7) is 2.38. The second-order valence-electron chi connectivity index (χ2n) is 2.72. The van der Waals surface area contributed by atoms with Gasteiger partial charge in [0, 0.05) is 0 Å². The third-order valence-electron chi connectivity index (χ3n) is 1.63. The van der Waals surface area contributed by atoms with Gasteiger partial charge in [-0.1, -0.05) is 5.92 Å². The lowest BCUT2D eigenvalue weighted by Gasteiger charge is -2.22. The zero-order chi connectivity index (χ0) is 7.61. The van der Waals surface area contributed by atoms with Gasteiger partial charge in [-0.05, 0) is 6.42 Å². The van der Waals surface area contributed by atoms with Crippen LogP contribution in [0.25, 0.3) is 0 Å². The Morgan fingerprint density at radius 3 is 2.90 bits per heavy atom. The average Bonchev–Trinajstić information content (AvgIpc) is 1.86. The van der Waals surface area contributed by atoms with Crippen LogP contribution in [0.4, 0.5) is 0 Å². The van der Waals surface area contributed by atoms with Crippen molar-refractivity contribution >= 4 is 7.72 Å². The molecule has 2 atom stereocenters. The SMILES string of the molecule is C#CC1CCO[P+](C)(O)C1. The van der Waals surface area contributed by atoms with Gasteiger partial charge < -0.3 is 0 Å². The maximum Gasteiger partial charge on any atom is 0.269 e. The molecule has 0 aromatic rings. The minimum atomic E-state index is -2.05. The minimum absolute atomic E-state index is 0.233. The van der Waals surface area contributed by atoms with Crippen molar-refractivity contribution in [3.05, 3.63) is 0 Å². The van der Waals surface area contributed by atoms with E-state index >= 15 is 0 Å². The van der Waals surface area contributed by atoms with E-state index in [1.807, 2.05) is 0 Å². The molecule has 3 heteroatoms. The van der Waals surface area contributed by atoms with Crippen LogP contribution in [0, 0.1) is 18.3 Å². The van der Waals surface area contributed by atoms with Crippen LogP contribution in [0.3, 0.4) is 0 Å². The Morgan fingerprint density at radius 1 is 1.80 bits per heavy atom. The molecule has 1 N–H and O–H groups in total. The number of terminal acetylenes is 1. The molecule has 1 heterocycles. The molecule has 0 aliphatic carbocycles. The predicted molar refractivity (Wildman–Crippen MR) is 42.8 cm³/mol. The summed E-state index contributed by atoms with van der Waals surface area (Å²) in [4.78, 5) is 9.47. The highest BCUT2D eigenvalue weighted by molar-refractivity contribution is 7.64. The maximum atomic E-state index is 9.47. The van der Waals surface area contributed by atoms with Gasteiger partial charge in [0.2, 0.25) is 0 Å². The van der Waals surface area contributed by atoms with E-state index in [0.29, 0.717) is 12.8 Å². The maximum absolute atomic E-state index is 9.47. The summed E-state index contributed by atoms with van der Waals surface area (Å²) in [6.07, 6.45) is 6.79. The summed E-state index contributed by atoms with van der Waals surface area (Å²) in [7, 11) is -2.05. The normalized spacial score (nSPS) is 40.7. The van der Waals surface area contributed by atoms with E-state index in [9.17, 15) is 4.89 Å². The van der Waals surface area contributed by atoms with Crippen LogP contribution in [0.2, 0.25) is 0 Å². The zero-order valence-electron chi connectivity index (χ0n) is 6.08. The molecule has 0 amide bonds. The van der Waals surface area contributed by atoms with Crippen molar-refractivity contribution in [2.24, 2.45) is 5.92 Å². The summed E-state index contributed by atoms with van der Waals surface area (Å²) >= 11 is 0. The van der Waals surface area contributed by atoms with Crippen molar-refractivity contribution in [3.63, 3.8) is 0 Å². The molecule has 56 valence electrons. The minimum Gasteiger partial charge on any atom is -0.220 e. The second kappa shape index (κ2) is 2.88. The van der Waals surface area contributed by atoms with Crippen molar-refractivity contribution in [1.29, 1.82) is 0 Å². The molecule has 0 aromatic carbocycles. The van der Waals surface area contributed by atoms with E-state index < -0.39 is 7.72 Å². The highest BCUT2D eigenvalue weighted by Gasteiger charge is 2.38. The number of rotatable bonds is 0. The monoisotopic (exact) mass is 159 g/mol. The molecule has 1 rings (SSSR count). The molecule has 0 radical (unpaired) electrons. The van der Waals surface area contributed by atoms with Crippen LogP contribution in [-0.4, -0.2) is 24.3 Å². The lowest BCUT2D eigenvalue weighted by Crippen LogP contribution is -2.18. The van der Waals surface area contributed by atoms with Gasteiger partial charge in [0.05, 0.1) is 12.5 Å². The highest BCUT2D eigenvalue weighted by Crippen LogP contribution is 2.55. The number of hydrogen-bond donors (Lipinski definition) is 1. The third-order valence-corrected chi connectivity index (χ3v) is 3.49. The molecule has 10 heavy (non-hydrogen) atoms. The fraction of sp³-hybridized carbons (Fsp3) is 0.714. The molecule has 2 unspecified atom stereocenters. The lowest BCUT2D eigenvalue weighted by atomic mass is 10.1. The Kier molecular flexibility index (Phi) is 2.31. The molecular weight excluding hydrogens is 147 g/mol. The summed E-state index contributed by atoms with van der Waals surface area (Å²) in [6, 6.07) is 0. The largest absolute Gasteiger partial charge is 0.269 e. The summed E-state index contributed by atoms with van der Waals surface area (Å²) < 4.78 is 5.17. The molecular formula is C7H12O2P+. The molecule has 1 aliphatic rings. The summed E-state index contributed by atoms with van der Waals surface area (Å²) in [5, 5.41) is 0. The average molecular weight is 159 g/mol. The van der Waals surface area contributed by atoms with Crippen molar-refractivity contribution in [1.82, 2.24) is 0 Å². The molecule has 0 spiro atoms. The molecule has 0 aromatic heterocycles. The lowest BCUT2D eigenvalue weighted by molar-refractivity contribution is 0.252. The van der Waals surface area contributed by atoms with Crippen molar-refractivity contribution in [2.75, 3.05) is 19.4 Å². The zero-order valence-corrected chi connectivity index (χ0v) is 6.97. The Bertz CT molecular complexity index is 159. The smallest absolute Gasteiger partial charge is 0.220 e. The van der Waals surface area contributed by atoms with Gasteiger partial charge >= 0.3 is 0 Å². The fourth-order valence-electron chi connectivity index (χ4n) is 1.08. The van der Waals surface area contributed by atoms with Gasteiger partial charge in [0.25, 0.3) is 7.72 Å². The molecule has 1 saturated heterocycles. The van der Waals surface area contributed by atoms with E-state index in [4.69, 9.17) is 10.9 Å². The van der Waals surface area contributed by atoms with Gasteiger partial charge in [-0.15, -0.1) is 6.42 Å². The predicted octanol–water partition coefficient (Wildman–Crippen LogP) is 1.13. The molecule has 0 saturated carbocycles. The van der Waals surface area contributed by atoms with Crippen LogP contribution in [0.1, 0.15) is 6.42 Å². The first-order valence-corrected chi connectivity index (χ1v) is 5.62. The standard InChI is InChI=1S/C7H12O2P/c1-3-7-4-5-9-10(2,8)6-7/h1,7-8H,4-6H2,2H3/q+1. The van der Waals surface area contributed by atoms with Gasteiger partial charge in [-0.25, -0.2) is 9.42 Å². The van der Waals surface area contributed by atoms with E-state index in [-0.39, 0.29) is 5.92 Å². The highest BCUT2D eigenvalue weighted by atomic mass is 31.2. The van der Waals surface area contributed by atoms with Gasteiger partial charge in [0.15, 0.2) is 0 Å². The van der Waals surface area contributed by atoms with Crippen LogP contribution in [-0.2, 0) is 4.52 Å². The Labute approximate surface area is 62.1 Å². The van der Waals surface area contributed by atoms with Gasteiger partial charge in [-0.2, -0.15) is 0 Å². The molecule has 1 aliphatic heterocycles. The van der Waals surface area contributed by atoms with Crippen LogP contribution in [0.5, 0.6) is 0 Å². The van der Waals surface area contributed by atoms with E-state index in [2.05, 4.69) is 5.92 Å². The molecule has 2 nitrogen and oxygen atoms in total. The Hall–Kier alpha value is -0.0900. The topological polar surface area (TPSA) is 29.5 Å². The Balaban J connectivity index is 2.49. The quantitative estimate of drug-likeness (QED) is 0.424. The summed E-state index contributed by atoms with van der Waals surface area (Å²) in [5.74, 6) is 2.88. The third kappa shape index (κ3) is 1.95. The fourth-order valence-corrected chi connectivity index (χ4v) is 2.79. The van der Waals surface area contributed by atoms with Crippen molar-refractivity contribution in [3.8, 4) is 12.3 Å². The van der Waals surface area contributed by atoms with E-state index in [1.165, 1.54) is 0 Å². The van der Waals surface area contributed by atoms with E-state index in [1.54, 1.807) is 6.66 Å². The second-order valence-corrected chi connectivity index (χ2v) is 5.44. The van der Waals surface area contributed by atoms with Gasteiger partial charge in [0.1, 0.15) is 12.8 Å². The number of hydrogen-bond acceptors (Lipinski definition) is 2. The molecule has 1 fully saturated rings. The van der Waals surface area contributed by atoms with Crippen LogP contribution < -0.4 is 0 Å². The first kappa shape index (κ1) is 8.01. The van der Waals surface area contributed by atoms with Crippen molar-refractivity contribution < 1.29 is 9.42 Å².